The summed E-state index contributed by atoms with van der Waals surface area (Å²) >= 11 is 0. The molecular formula is C26H31N7O. The molecule has 0 N–H and O–H groups in total. The summed E-state index contributed by atoms with van der Waals surface area (Å²) in [5.41, 5.74) is 6.29. The van der Waals surface area contributed by atoms with Crippen molar-refractivity contribution in [3.63, 3.8) is 0 Å². The molecule has 1 aliphatic heterocycles. The van der Waals surface area contributed by atoms with E-state index in [2.05, 4.69) is 46.3 Å². The van der Waals surface area contributed by atoms with Gasteiger partial charge in [0.2, 0.25) is 5.91 Å². The first kappa shape index (κ1) is 22.3. The Morgan fingerprint density at radius 1 is 0.941 bits per heavy atom. The van der Waals surface area contributed by atoms with Gasteiger partial charge in [-0.3, -0.25) is 14.1 Å². The number of nitrogens with zero attached hydrogens (tertiary/aromatic N) is 7. The van der Waals surface area contributed by atoms with Gasteiger partial charge in [-0.2, -0.15) is 5.10 Å². The van der Waals surface area contributed by atoms with Crippen LogP contribution in [-0.2, 0) is 17.8 Å². The largest absolute Gasteiger partial charge is 0.340 e. The van der Waals surface area contributed by atoms with Gasteiger partial charge in [-0.1, -0.05) is 30.3 Å². The van der Waals surface area contributed by atoms with Gasteiger partial charge in [-0.15, -0.1) is 10.2 Å². The SMILES string of the molecule is Cc1nn(-c2ccc3nnc(C)n3c2)c(C)c1CCC(=O)N1CCN(Cc2ccccc2)CC1. The Morgan fingerprint density at radius 2 is 1.71 bits per heavy atom. The molecule has 0 saturated carbocycles. The van der Waals surface area contributed by atoms with E-state index in [4.69, 9.17) is 5.10 Å². The summed E-state index contributed by atoms with van der Waals surface area (Å²) in [4.78, 5) is 17.4. The van der Waals surface area contributed by atoms with Crippen LogP contribution in [0, 0.1) is 20.8 Å². The number of aromatic nitrogens is 5. The molecule has 4 aromatic rings. The molecule has 4 heterocycles. The monoisotopic (exact) mass is 457 g/mol. The molecule has 0 radical (unpaired) electrons. The predicted octanol–water partition coefficient (Wildman–Crippen LogP) is 3.12. The van der Waals surface area contributed by atoms with E-state index < -0.39 is 0 Å². The maximum Gasteiger partial charge on any atom is 0.222 e. The summed E-state index contributed by atoms with van der Waals surface area (Å²) in [6, 6.07) is 14.5. The molecule has 8 nitrogen and oxygen atoms in total. The van der Waals surface area contributed by atoms with E-state index >= 15 is 0 Å². The average Bonchev–Trinajstić information content (AvgIpc) is 3.37. The van der Waals surface area contributed by atoms with Crippen molar-refractivity contribution < 1.29 is 4.79 Å². The third kappa shape index (κ3) is 4.46. The molecule has 1 amide bonds. The highest BCUT2D eigenvalue weighted by Crippen LogP contribution is 2.21. The standard InChI is InChI=1S/C26H31N7O/c1-19-24(20(2)33(29-19)23-9-11-25-28-27-21(3)32(25)18-23)10-12-26(34)31-15-13-30(14-16-31)17-22-7-5-4-6-8-22/h4-9,11,18H,10,12-17H2,1-3H3. The lowest BCUT2D eigenvalue weighted by Crippen LogP contribution is -2.48. The maximum atomic E-state index is 13.0. The van der Waals surface area contributed by atoms with E-state index in [1.54, 1.807) is 0 Å². The zero-order valence-electron chi connectivity index (χ0n) is 20.1. The molecule has 0 bridgehead atoms. The molecule has 3 aromatic heterocycles. The minimum atomic E-state index is 0.229. The number of benzene rings is 1. The third-order valence-electron chi connectivity index (χ3n) is 6.81. The number of fused-ring (bicyclic) bond motifs is 1. The lowest BCUT2D eigenvalue weighted by atomic mass is 10.1. The fourth-order valence-corrected chi connectivity index (χ4v) is 4.79. The molecular weight excluding hydrogens is 426 g/mol. The van der Waals surface area contributed by atoms with Crippen LogP contribution in [0.2, 0.25) is 0 Å². The van der Waals surface area contributed by atoms with Gasteiger partial charge in [0.05, 0.1) is 11.4 Å². The lowest BCUT2D eigenvalue weighted by molar-refractivity contribution is -0.133. The number of pyridine rings is 1. The summed E-state index contributed by atoms with van der Waals surface area (Å²) in [7, 11) is 0. The fourth-order valence-electron chi connectivity index (χ4n) is 4.79. The number of carbonyl (C=O) groups is 1. The van der Waals surface area contributed by atoms with Gasteiger partial charge in [0, 0.05) is 51.0 Å². The Hall–Kier alpha value is -3.52. The number of amides is 1. The second-order valence-corrected chi connectivity index (χ2v) is 9.07. The maximum absolute atomic E-state index is 13.0. The van der Waals surface area contributed by atoms with Crippen LogP contribution in [-0.4, -0.2) is 66.3 Å². The normalized spacial score (nSPS) is 14.7. The van der Waals surface area contributed by atoms with Crippen molar-refractivity contribution in [1.82, 2.24) is 34.2 Å². The first-order valence-corrected chi connectivity index (χ1v) is 11.9. The Kier molecular flexibility index (Phi) is 6.15. The first-order chi connectivity index (χ1) is 16.5. The topological polar surface area (TPSA) is 71.6 Å². The molecule has 5 rings (SSSR count). The Labute approximate surface area is 199 Å². The molecule has 1 fully saturated rings. The second-order valence-electron chi connectivity index (χ2n) is 9.07. The second kappa shape index (κ2) is 9.38. The van der Waals surface area contributed by atoms with Crippen LogP contribution >= 0.6 is 0 Å². The van der Waals surface area contributed by atoms with Gasteiger partial charge in [0.1, 0.15) is 5.82 Å². The molecule has 0 atom stereocenters. The van der Waals surface area contributed by atoms with E-state index in [0.717, 1.165) is 66.8 Å². The third-order valence-corrected chi connectivity index (χ3v) is 6.81. The van der Waals surface area contributed by atoms with Gasteiger partial charge < -0.3 is 4.90 Å². The molecule has 0 aliphatic carbocycles. The van der Waals surface area contributed by atoms with Gasteiger partial charge >= 0.3 is 0 Å². The van der Waals surface area contributed by atoms with Crippen molar-refractivity contribution in [2.24, 2.45) is 0 Å². The van der Waals surface area contributed by atoms with Gasteiger partial charge in [-0.05, 0) is 50.5 Å². The Morgan fingerprint density at radius 3 is 2.47 bits per heavy atom. The highest BCUT2D eigenvalue weighted by molar-refractivity contribution is 5.76. The van der Waals surface area contributed by atoms with Crippen LogP contribution < -0.4 is 0 Å². The van der Waals surface area contributed by atoms with Crippen molar-refractivity contribution in [3.8, 4) is 5.69 Å². The molecule has 34 heavy (non-hydrogen) atoms. The van der Waals surface area contributed by atoms with Crippen molar-refractivity contribution in [1.29, 1.82) is 0 Å². The van der Waals surface area contributed by atoms with Gasteiger partial charge in [-0.25, -0.2) is 4.68 Å². The highest BCUT2D eigenvalue weighted by atomic mass is 16.2. The Bertz CT molecular complexity index is 1300. The van der Waals surface area contributed by atoms with E-state index in [0.29, 0.717) is 12.8 Å². The van der Waals surface area contributed by atoms with Crippen LogP contribution in [0.25, 0.3) is 11.3 Å². The van der Waals surface area contributed by atoms with E-state index in [-0.39, 0.29) is 5.91 Å². The fraction of sp³-hybridized carbons (Fsp3) is 0.385. The van der Waals surface area contributed by atoms with Crippen LogP contribution in [0.15, 0.2) is 48.7 Å². The predicted molar refractivity (Wildman–Crippen MR) is 131 cm³/mol. The van der Waals surface area contributed by atoms with E-state index in [9.17, 15) is 4.79 Å². The van der Waals surface area contributed by atoms with Crippen LogP contribution in [0.3, 0.4) is 0 Å². The number of aryl methyl sites for hydroxylation is 2. The van der Waals surface area contributed by atoms with E-state index in [1.807, 2.05) is 52.2 Å². The zero-order chi connectivity index (χ0) is 23.7. The number of piperazine rings is 1. The van der Waals surface area contributed by atoms with Gasteiger partial charge in [0.15, 0.2) is 5.65 Å². The number of hydrogen-bond acceptors (Lipinski definition) is 5. The molecule has 1 aliphatic rings. The van der Waals surface area contributed by atoms with Crippen molar-refractivity contribution in [3.05, 3.63) is 77.0 Å². The van der Waals surface area contributed by atoms with Crippen LogP contribution in [0.1, 0.15) is 34.8 Å². The lowest BCUT2D eigenvalue weighted by Gasteiger charge is -2.34. The van der Waals surface area contributed by atoms with Crippen LogP contribution in [0.4, 0.5) is 0 Å². The quantitative estimate of drug-likeness (QED) is 0.445. The molecule has 0 unspecified atom stereocenters. The summed E-state index contributed by atoms with van der Waals surface area (Å²) in [6.45, 7) is 10.4. The smallest absolute Gasteiger partial charge is 0.222 e. The first-order valence-electron chi connectivity index (χ1n) is 11.9. The Balaban J connectivity index is 1.20. The van der Waals surface area contributed by atoms with Crippen molar-refractivity contribution in [2.75, 3.05) is 26.2 Å². The van der Waals surface area contributed by atoms with E-state index in [1.165, 1.54) is 5.56 Å². The van der Waals surface area contributed by atoms with Crippen molar-refractivity contribution >= 4 is 11.6 Å². The molecule has 1 aromatic carbocycles. The number of hydrogen-bond donors (Lipinski definition) is 0. The summed E-state index contributed by atoms with van der Waals surface area (Å²) < 4.78 is 3.92. The summed E-state index contributed by atoms with van der Waals surface area (Å²) in [5.74, 6) is 1.07. The summed E-state index contributed by atoms with van der Waals surface area (Å²) in [5, 5.41) is 13.1. The molecule has 8 heteroatoms. The minimum Gasteiger partial charge on any atom is -0.340 e. The molecule has 1 saturated heterocycles. The minimum absolute atomic E-state index is 0.229. The molecule has 176 valence electrons. The number of rotatable bonds is 6. The molecule has 0 spiro atoms. The number of carbonyl (C=O) groups excluding carboxylic acids is 1. The highest BCUT2D eigenvalue weighted by Gasteiger charge is 2.22. The van der Waals surface area contributed by atoms with Gasteiger partial charge in [0.25, 0.3) is 0 Å². The van der Waals surface area contributed by atoms with Crippen molar-refractivity contribution in [2.45, 2.75) is 40.2 Å². The van der Waals surface area contributed by atoms with Crippen LogP contribution in [0.5, 0.6) is 0 Å². The summed E-state index contributed by atoms with van der Waals surface area (Å²) in [6.07, 6.45) is 3.22. The zero-order valence-corrected chi connectivity index (χ0v) is 20.1. The average molecular weight is 458 g/mol.